The van der Waals surface area contributed by atoms with Gasteiger partial charge in [-0.05, 0) is 45.1 Å². The monoisotopic (exact) mass is 249 g/mol. The van der Waals surface area contributed by atoms with Crippen molar-refractivity contribution in [2.45, 2.75) is 69.1 Å². The largest absolute Gasteiger partial charge is 0.310 e. The van der Waals surface area contributed by atoms with Crippen LogP contribution >= 0.6 is 0 Å². The summed E-state index contributed by atoms with van der Waals surface area (Å²) in [5, 5.41) is 3.82. The predicted molar refractivity (Wildman–Crippen MR) is 73.8 cm³/mol. The first kappa shape index (κ1) is 11.7. The van der Waals surface area contributed by atoms with Crippen molar-refractivity contribution in [3.63, 3.8) is 0 Å². The van der Waals surface area contributed by atoms with Crippen LogP contribution in [-0.2, 0) is 0 Å². The Balaban J connectivity index is 1.35. The van der Waals surface area contributed by atoms with Crippen LogP contribution in [0.25, 0.3) is 0 Å². The molecule has 4 rings (SSSR count). The molecule has 0 aromatic carbocycles. The van der Waals surface area contributed by atoms with E-state index in [0.717, 1.165) is 24.2 Å². The molecule has 18 heavy (non-hydrogen) atoms. The molecule has 3 unspecified atom stereocenters. The van der Waals surface area contributed by atoms with Crippen LogP contribution in [0.15, 0.2) is 0 Å². The van der Waals surface area contributed by atoms with Crippen molar-refractivity contribution < 1.29 is 0 Å². The van der Waals surface area contributed by atoms with Gasteiger partial charge in [-0.1, -0.05) is 6.42 Å². The van der Waals surface area contributed by atoms with Gasteiger partial charge in [0.05, 0.1) is 0 Å². The molecule has 3 atom stereocenters. The van der Waals surface area contributed by atoms with E-state index in [4.69, 9.17) is 0 Å². The van der Waals surface area contributed by atoms with E-state index < -0.39 is 0 Å². The minimum Gasteiger partial charge on any atom is -0.310 e. The second-order valence-electron chi connectivity index (χ2n) is 6.88. The summed E-state index contributed by atoms with van der Waals surface area (Å²) in [6.07, 6.45) is 10.0. The van der Waals surface area contributed by atoms with Gasteiger partial charge >= 0.3 is 0 Å². The van der Waals surface area contributed by atoms with Crippen molar-refractivity contribution in [2.75, 3.05) is 26.2 Å². The zero-order valence-corrected chi connectivity index (χ0v) is 11.5. The molecule has 1 aliphatic carbocycles. The van der Waals surface area contributed by atoms with Crippen molar-refractivity contribution >= 4 is 0 Å². The predicted octanol–water partition coefficient (Wildman–Crippen LogP) is 1.44. The summed E-state index contributed by atoms with van der Waals surface area (Å²) in [6.45, 7) is 5.41. The van der Waals surface area contributed by atoms with Gasteiger partial charge in [-0.2, -0.15) is 0 Å². The van der Waals surface area contributed by atoms with Crippen LogP contribution in [0.2, 0.25) is 0 Å². The average molecular weight is 249 g/mol. The standard InChI is InChI=1S/C15H27N3/c1-2-8-17-10-7-15(14(17)3-1)18-9-6-13(11-18)16-12-4-5-12/h12-16H,1-11H2. The molecule has 0 spiro atoms. The molecule has 0 radical (unpaired) electrons. The van der Waals surface area contributed by atoms with Crippen LogP contribution in [0.4, 0.5) is 0 Å². The van der Waals surface area contributed by atoms with E-state index in [0.29, 0.717) is 0 Å². The summed E-state index contributed by atoms with van der Waals surface area (Å²) in [4.78, 5) is 5.59. The van der Waals surface area contributed by atoms with Crippen LogP contribution in [0.5, 0.6) is 0 Å². The van der Waals surface area contributed by atoms with Crippen LogP contribution in [0, 0.1) is 0 Å². The molecule has 102 valence electrons. The molecule has 0 aromatic heterocycles. The molecule has 4 fully saturated rings. The lowest BCUT2D eigenvalue weighted by atomic mass is 9.98. The molecule has 3 heteroatoms. The SMILES string of the molecule is C1CCN2CCC(N3CCC(NC4CC4)C3)C2C1. The molecule has 0 amide bonds. The van der Waals surface area contributed by atoms with Gasteiger partial charge in [0, 0.05) is 43.8 Å². The summed E-state index contributed by atoms with van der Waals surface area (Å²) in [6, 6.07) is 3.47. The van der Waals surface area contributed by atoms with Crippen molar-refractivity contribution in [1.29, 1.82) is 0 Å². The van der Waals surface area contributed by atoms with E-state index in [-0.39, 0.29) is 0 Å². The van der Waals surface area contributed by atoms with E-state index in [1.54, 1.807) is 0 Å². The maximum Gasteiger partial charge on any atom is 0.0264 e. The lowest BCUT2D eigenvalue weighted by Gasteiger charge is -2.36. The van der Waals surface area contributed by atoms with E-state index in [1.807, 2.05) is 0 Å². The highest BCUT2D eigenvalue weighted by Gasteiger charge is 2.41. The summed E-state index contributed by atoms with van der Waals surface area (Å²) in [5.74, 6) is 0. The molecule has 1 saturated carbocycles. The highest BCUT2D eigenvalue weighted by Crippen LogP contribution is 2.32. The fourth-order valence-electron chi connectivity index (χ4n) is 4.45. The second-order valence-corrected chi connectivity index (χ2v) is 6.88. The molecule has 3 saturated heterocycles. The number of piperidine rings is 1. The second kappa shape index (κ2) is 4.77. The fourth-order valence-corrected chi connectivity index (χ4v) is 4.45. The Labute approximate surface area is 111 Å². The van der Waals surface area contributed by atoms with Gasteiger partial charge in [0.2, 0.25) is 0 Å². The number of fused-ring (bicyclic) bond motifs is 1. The molecule has 1 N–H and O–H groups in total. The molecular weight excluding hydrogens is 222 g/mol. The summed E-state index contributed by atoms with van der Waals surface area (Å²) in [7, 11) is 0. The topological polar surface area (TPSA) is 18.5 Å². The molecular formula is C15H27N3. The van der Waals surface area contributed by atoms with E-state index in [1.165, 1.54) is 71.1 Å². The smallest absolute Gasteiger partial charge is 0.0264 e. The quantitative estimate of drug-likeness (QED) is 0.816. The van der Waals surface area contributed by atoms with E-state index in [2.05, 4.69) is 15.1 Å². The zero-order valence-electron chi connectivity index (χ0n) is 11.5. The van der Waals surface area contributed by atoms with Crippen molar-refractivity contribution in [2.24, 2.45) is 0 Å². The lowest BCUT2D eigenvalue weighted by Crippen LogP contribution is -2.47. The lowest BCUT2D eigenvalue weighted by molar-refractivity contribution is 0.129. The third-order valence-corrected chi connectivity index (χ3v) is 5.56. The number of hydrogen-bond donors (Lipinski definition) is 1. The summed E-state index contributed by atoms with van der Waals surface area (Å²) >= 11 is 0. The molecule has 3 aliphatic heterocycles. The average Bonchev–Trinajstić information content (AvgIpc) is 2.91. The molecule has 0 aromatic rings. The van der Waals surface area contributed by atoms with Gasteiger partial charge in [-0.3, -0.25) is 9.80 Å². The van der Waals surface area contributed by atoms with E-state index >= 15 is 0 Å². The van der Waals surface area contributed by atoms with Gasteiger partial charge in [0.15, 0.2) is 0 Å². The molecule has 4 aliphatic rings. The zero-order chi connectivity index (χ0) is 11.9. The van der Waals surface area contributed by atoms with Gasteiger partial charge < -0.3 is 5.32 Å². The highest BCUT2D eigenvalue weighted by molar-refractivity contribution is 4.99. The summed E-state index contributed by atoms with van der Waals surface area (Å²) < 4.78 is 0. The third kappa shape index (κ3) is 2.21. The Morgan fingerprint density at radius 1 is 0.667 bits per heavy atom. The Hall–Kier alpha value is -0.120. The van der Waals surface area contributed by atoms with Gasteiger partial charge in [0.1, 0.15) is 0 Å². The maximum absolute atomic E-state index is 3.82. The minimum atomic E-state index is 0.801. The Morgan fingerprint density at radius 2 is 1.50 bits per heavy atom. The number of hydrogen-bond acceptors (Lipinski definition) is 3. The Bertz CT molecular complexity index is 302. The van der Waals surface area contributed by atoms with Crippen molar-refractivity contribution in [1.82, 2.24) is 15.1 Å². The van der Waals surface area contributed by atoms with Crippen LogP contribution in [-0.4, -0.2) is 60.1 Å². The molecule has 0 bridgehead atoms. The first-order valence-electron chi connectivity index (χ1n) is 8.14. The number of likely N-dealkylation sites (tertiary alicyclic amines) is 1. The molecule has 3 nitrogen and oxygen atoms in total. The maximum atomic E-state index is 3.82. The number of nitrogens with one attached hydrogen (secondary N) is 1. The number of nitrogens with zero attached hydrogens (tertiary/aromatic N) is 2. The highest BCUT2D eigenvalue weighted by atomic mass is 15.3. The third-order valence-electron chi connectivity index (χ3n) is 5.56. The Morgan fingerprint density at radius 3 is 2.39 bits per heavy atom. The summed E-state index contributed by atoms with van der Waals surface area (Å²) in [5.41, 5.74) is 0. The normalized spacial score (nSPS) is 42.3. The van der Waals surface area contributed by atoms with Crippen LogP contribution in [0.1, 0.15) is 44.9 Å². The van der Waals surface area contributed by atoms with Crippen LogP contribution < -0.4 is 5.32 Å². The van der Waals surface area contributed by atoms with Crippen molar-refractivity contribution in [3.8, 4) is 0 Å². The Kier molecular flexibility index (Phi) is 3.10. The van der Waals surface area contributed by atoms with E-state index in [9.17, 15) is 0 Å². The first-order chi connectivity index (χ1) is 8.90. The van der Waals surface area contributed by atoms with Crippen LogP contribution in [0.3, 0.4) is 0 Å². The first-order valence-corrected chi connectivity index (χ1v) is 8.14. The fraction of sp³-hybridized carbons (Fsp3) is 1.00. The van der Waals surface area contributed by atoms with Gasteiger partial charge in [0.25, 0.3) is 0 Å². The van der Waals surface area contributed by atoms with Crippen molar-refractivity contribution in [3.05, 3.63) is 0 Å². The minimum absolute atomic E-state index is 0.801. The molecule has 3 heterocycles. The van der Waals surface area contributed by atoms with Gasteiger partial charge in [-0.15, -0.1) is 0 Å². The van der Waals surface area contributed by atoms with Gasteiger partial charge in [-0.25, -0.2) is 0 Å². The number of rotatable bonds is 3.